The van der Waals surface area contributed by atoms with E-state index < -0.39 is 0 Å². The third kappa shape index (κ3) is 4.59. The van der Waals surface area contributed by atoms with Crippen LogP contribution >= 0.6 is 23.8 Å². The maximum Gasteiger partial charge on any atom is 0.276 e. The lowest BCUT2D eigenvalue weighted by atomic mass is 10.1. The summed E-state index contributed by atoms with van der Waals surface area (Å²) in [6.07, 6.45) is 1.74. The van der Waals surface area contributed by atoms with Crippen molar-refractivity contribution in [1.29, 1.82) is 0 Å². The van der Waals surface area contributed by atoms with Gasteiger partial charge in [0.25, 0.3) is 5.91 Å². The largest absolute Gasteiger partial charge is 0.490 e. The predicted molar refractivity (Wildman–Crippen MR) is 110 cm³/mol. The molecule has 0 aromatic heterocycles. The van der Waals surface area contributed by atoms with Crippen LogP contribution in [0.1, 0.15) is 18.1 Å². The molecule has 1 aliphatic rings. The van der Waals surface area contributed by atoms with Gasteiger partial charge < -0.3 is 14.8 Å². The summed E-state index contributed by atoms with van der Waals surface area (Å²) >= 11 is 11.0. The number of carbonyl (C=O) groups is 1. The SMILES string of the molecule is CCOc1cc(/C=C2/NC(=S)N(C)C2=O)ccc1OCc1ccc(Cl)cc1. The van der Waals surface area contributed by atoms with E-state index in [9.17, 15) is 4.79 Å². The van der Waals surface area contributed by atoms with Crippen molar-refractivity contribution in [2.24, 2.45) is 0 Å². The number of amides is 1. The Labute approximate surface area is 168 Å². The summed E-state index contributed by atoms with van der Waals surface area (Å²) in [5.74, 6) is 1.08. The topological polar surface area (TPSA) is 50.8 Å². The van der Waals surface area contributed by atoms with Gasteiger partial charge in [-0.2, -0.15) is 0 Å². The van der Waals surface area contributed by atoms with E-state index in [0.29, 0.717) is 40.5 Å². The van der Waals surface area contributed by atoms with Crippen LogP contribution in [-0.4, -0.2) is 29.6 Å². The number of thiocarbonyl (C=S) groups is 1. The molecule has 0 spiro atoms. The molecule has 0 bridgehead atoms. The molecule has 3 rings (SSSR count). The molecule has 1 amide bonds. The Balaban J connectivity index is 1.79. The Morgan fingerprint density at radius 2 is 1.89 bits per heavy atom. The summed E-state index contributed by atoms with van der Waals surface area (Å²) in [4.78, 5) is 13.5. The van der Waals surface area contributed by atoms with Crippen LogP contribution in [-0.2, 0) is 11.4 Å². The first-order valence-electron chi connectivity index (χ1n) is 8.42. The van der Waals surface area contributed by atoms with Gasteiger partial charge in [-0.15, -0.1) is 0 Å². The Kier molecular flexibility index (Phi) is 5.98. The molecule has 140 valence electrons. The van der Waals surface area contributed by atoms with E-state index in [4.69, 9.17) is 33.3 Å². The van der Waals surface area contributed by atoms with Crippen LogP contribution in [0.3, 0.4) is 0 Å². The smallest absolute Gasteiger partial charge is 0.276 e. The molecular formula is C20H19ClN2O3S. The molecule has 1 aliphatic heterocycles. The number of ether oxygens (including phenoxy) is 2. The van der Waals surface area contributed by atoms with E-state index in [2.05, 4.69) is 5.32 Å². The van der Waals surface area contributed by atoms with E-state index in [1.165, 1.54) is 4.90 Å². The highest BCUT2D eigenvalue weighted by molar-refractivity contribution is 7.80. The number of likely N-dealkylation sites (N-methyl/N-ethyl adjacent to an activating group) is 1. The number of nitrogens with zero attached hydrogens (tertiary/aromatic N) is 1. The van der Waals surface area contributed by atoms with Crippen LogP contribution in [0.4, 0.5) is 0 Å². The van der Waals surface area contributed by atoms with Crippen molar-refractivity contribution in [1.82, 2.24) is 10.2 Å². The predicted octanol–water partition coefficient (Wildman–Crippen LogP) is 4.01. The van der Waals surface area contributed by atoms with Gasteiger partial charge in [0.15, 0.2) is 16.6 Å². The van der Waals surface area contributed by atoms with Gasteiger partial charge >= 0.3 is 0 Å². The normalized spacial score (nSPS) is 15.2. The minimum atomic E-state index is -0.166. The van der Waals surface area contributed by atoms with Gasteiger partial charge in [-0.3, -0.25) is 9.69 Å². The summed E-state index contributed by atoms with van der Waals surface area (Å²) in [6, 6.07) is 13.0. The second kappa shape index (κ2) is 8.41. The standard InChI is InChI=1S/C20H19ClN2O3S/c1-3-25-18-11-14(10-16-19(24)23(2)20(27)22-16)6-9-17(18)26-12-13-4-7-15(21)8-5-13/h4-11H,3,12H2,1-2H3,(H,22,27)/b16-10+. The fourth-order valence-electron chi connectivity index (χ4n) is 2.53. The number of benzene rings is 2. The highest BCUT2D eigenvalue weighted by Gasteiger charge is 2.27. The maximum atomic E-state index is 12.1. The number of carbonyl (C=O) groups excluding carboxylic acids is 1. The zero-order chi connectivity index (χ0) is 19.4. The highest BCUT2D eigenvalue weighted by atomic mass is 35.5. The van der Waals surface area contributed by atoms with Crippen molar-refractivity contribution >= 4 is 40.9 Å². The molecule has 0 unspecified atom stereocenters. The van der Waals surface area contributed by atoms with E-state index in [-0.39, 0.29) is 5.91 Å². The lowest BCUT2D eigenvalue weighted by Crippen LogP contribution is -2.25. The monoisotopic (exact) mass is 402 g/mol. The summed E-state index contributed by atoms with van der Waals surface area (Å²) in [6.45, 7) is 2.81. The van der Waals surface area contributed by atoms with Crippen LogP contribution < -0.4 is 14.8 Å². The maximum absolute atomic E-state index is 12.1. The fraction of sp³-hybridized carbons (Fsp3) is 0.200. The molecular weight excluding hydrogens is 384 g/mol. The molecule has 7 heteroatoms. The van der Waals surface area contributed by atoms with Gasteiger partial charge in [-0.1, -0.05) is 29.8 Å². The minimum Gasteiger partial charge on any atom is -0.490 e. The van der Waals surface area contributed by atoms with E-state index in [1.54, 1.807) is 13.1 Å². The van der Waals surface area contributed by atoms with Gasteiger partial charge in [0.2, 0.25) is 0 Å². The lowest BCUT2D eigenvalue weighted by molar-refractivity contribution is -0.121. The Hall–Kier alpha value is -2.57. The third-order valence-electron chi connectivity index (χ3n) is 3.97. The summed E-state index contributed by atoms with van der Waals surface area (Å²) in [7, 11) is 1.64. The summed E-state index contributed by atoms with van der Waals surface area (Å²) < 4.78 is 11.6. The first-order valence-corrected chi connectivity index (χ1v) is 9.21. The number of hydrogen-bond acceptors (Lipinski definition) is 4. The van der Waals surface area contributed by atoms with Crippen molar-refractivity contribution in [2.45, 2.75) is 13.5 Å². The molecule has 1 saturated heterocycles. The number of nitrogens with one attached hydrogen (secondary N) is 1. The quantitative estimate of drug-likeness (QED) is 0.584. The van der Waals surface area contributed by atoms with E-state index >= 15 is 0 Å². The Bertz CT molecular complexity index is 897. The average molecular weight is 403 g/mol. The van der Waals surface area contributed by atoms with Crippen LogP contribution in [0.25, 0.3) is 6.08 Å². The van der Waals surface area contributed by atoms with Gasteiger partial charge in [0.05, 0.1) is 6.61 Å². The van der Waals surface area contributed by atoms with E-state index in [0.717, 1.165) is 11.1 Å². The van der Waals surface area contributed by atoms with Crippen LogP contribution in [0.5, 0.6) is 11.5 Å². The highest BCUT2D eigenvalue weighted by Crippen LogP contribution is 2.30. The first-order chi connectivity index (χ1) is 13.0. The molecule has 0 aliphatic carbocycles. The van der Waals surface area contributed by atoms with Gasteiger partial charge in [0.1, 0.15) is 12.3 Å². The number of hydrogen-bond donors (Lipinski definition) is 1. The summed E-state index contributed by atoms with van der Waals surface area (Å²) in [5.41, 5.74) is 2.25. The summed E-state index contributed by atoms with van der Waals surface area (Å²) in [5, 5.41) is 3.98. The molecule has 2 aromatic carbocycles. The second-order valence-electron chi connectivity index (χ2n) is 5.91. The van der Waals surface area contributed by atoms with Gasteiger partial charge in [-0.05, 0) is 60.6 Å². The number of rotatable bonds is 6. The van der Waals surface area contributed by atoms with Crippen molar-refractivity contribution in [3.05, 3.63) is 64.3 Å². The van der Waals surface area contributed by atoms with Crippen LogP contribution in [0.15, 0.2) is 48.2 Å². The molecule has 1 N–H and O–H groups in total. The molecule has 1 heterocycles. The fourth-order valence-corrected chi connectivity index (χ4v) is 2.85. The molecule has 0 saturated carbocycles. The Morgan fingerprint density at radius 3 is 2.52 bits per heavy atom. The third-order valence-corrected chi connectivity index (χ3v) is 4.60. The van der Waals surface area contributed by atoms with Crippen LogP contribution in [0, 0.1) is 0 Å². The van der Waals surface area contributed by atoms with Gasteiger partial charge in [0, 0.05) is 12.1 Å². The molecule has 27 heavy (non-hydrogen) atoms. The number of halogens is 1. The molecule has 0 atom stereocenters. The van der Waals surface area contributed by atoms with Gasteiger partial charge in [-0.25, -0.2) is 0 Å². The van der Waals surface area contributed by atoms with E-state index in [1.807, 2.05) is 49.4 Å². The Morgan fingerprint density at radius 1 is 1.15 bits per heavy atom. The lowest BCUT2D eigenvalue weighted by Gasteiger charge is -2.13. The minimum absolute atomic E-state index is 0.166. The zero-order valence-electron chi connectivity index (χ0n) is 15.0. The molecule has 0 radical (unpaired) electrons. The molecule has 5 nitrogen and oxygen atoms in total. The zero-order valence-corrected chi connectivity index (χ0v) is 16.6. The van der Waals surface area contributed by atoms with Crippen molar-refractivity contribution in [2.75, 3.05) is 13.7 Å². The molecule has 1 fully saturated rings. The van der Waals surface area contributed by atoms with Crippen molar-refractivity contribution in [3.8, 4) is 11.5 Å². The van der Waals surface area contributed by atoms with Crippen molar-refractivity contribution < 1.29 is 14.3 Å². The molecule has 2 aromatic rings. The average Bonchev–Trinajstić information content (AvgIpc) is 2.89. The first kappa shape index (κ1) is 19.2. The van der Waals surface area contributed by atoms with Crippen molar-refractivity contribution in [3.63, 3.8) is 0 Å². The van der Waals surface area contributed by atoms with Crippen LogP contribution in [0.2, 0.25) is 5.02 Å². The second-order valence-corrected chi connectivity index (χ2v) is 6.73.